The molecule has 2 aromatic carbocycles. The van der Waals surface area contributed by atoms with Crippen LogP contribution in [0.5, 0.6) is 5.75 Å². The van der Waals surface area contributed by atoms with Gasteiger partial charge in [0.15, 0.2) is 0 Å². The van der Waals surface area contributed by atoms with Crippen LogP contribution in [0.3, 0.4) is 0 Å². The maximum atomic E-state index is 12.6. The Labute approximate surface area is 161 Å². The minimum Gasteiger partial charge on any atom is -0.496 e. The largest absolute Gasteiger partial charge is 0.496 e. The zero-order valence-electron chi connectivity index (χ0n) is 14.5. The Morgan fingerprint density at radius 3 is 2.67 bits per heavy atom. The zero-order valence-corrected chi connectivity index (χ0v) is 15.3. The molecular formula is C21H16ClN3O2. The molecule has 0 aliphatic rings. The lowest BCUT2D eigenvalue weighted by Gasteiger charge is -2.10. The number of halogens is 1. The number of nitrogens with one attached hydrogen (secondary N) is 1. The zero-order chi connectivity index (χ0) is 18.8. The quantitative estimate of drug-likeness (QED) is 0.549. The Balaban J connectivity index is 1.56. The summed E-state index contributed by atoms with van der Waals surface area (Å²) in [6.45, 7) is 0. The maximum Gasteiger partial charge on any atom is 0.259 e. The summed E-state index contributed by atoms with van der Waals surface area (Å²) in [5.41, 5.74) is 3.79. The standard InChI is InChI=1S/C21H16ClN3O2/c1-27-19-10-7-15(22)12-17(19)21(26)23-16-8-5-14(6-9-16)18-13-25-11-3-2-4-20(25)24-18/h2-13H,1H3,(H,23,26). The van der Waals surface area contributed by atoms with Crippen LogP contribution in [0, 0.1) is 0 Å². The fourth-order valence-electron chi connectivity index (χ4n) is 2.85. The number of amides is 1. The molecule has 0 saturated carbocycles. The number of benzene rings is 2. The molecule has 0 spiro atoms. The number of hydrogen-bond donors (Lipinski definition) is 1. The molecule has 0 saturated heterocycles. The fraction of sp³-hybridized carbons (Fsp3) is 0.0476. The molecule has 0 unspecified atom stereocenters. The molecule has 1 N–H and O–H groups in total. The minimum absolute atomic E-state index is 0.283. The molecule has 4 aromatic rings. The molecule has 0 bridgehead atoms. The number of fused-ring (bicyclic) bond motifs is 1. The SMILES string of the molecule is COc1ccc(Cl)cc1C(=O)Nc1ccc(-c2cn3ccccc3n2)cc1. The van der Waals surface area contributed by atoms with E-state index in [1.54, 1.807) is 18.2 Å². The lowest BCUT2D eigenvalue weighted by atomic mass is 10.1. The van der Waals surface area contributed by atoms with Crippen LogP contribution in [0.15, 0.2) is 73.1 Å². The Hall–Kier alpha value is -3.31. The molecule has 1 amide bonds. The van der Waals surface area contributed by atoms with Crippen LogP contribution in [-0.4, -0.2) is 22.4 Å². The van der Waals surface area contributed by atoms with Gasteiger partial charge in [0.25, 0.3) is 5.91 Å². The van der Waals surface area contributed by atoms with Crippen molar-refractivity contribution in [3.05, 3.63) is 83.6 Å². The monoisotopic (exact) mass is 377 g/mol. The van der Waals surface area contributed by atoms with Crippen molar-refractivity contribution in [2.75, 3.05) is 12.4 Å². The minimum atomic E-state index is -0.283. The maximum absolute atomic E-state index is 12.6. The van der Waals surface area contributed by atoms with E-state index in [1.165, 1.54) is 7.11 Å². The Morgan fingerprint density at radius 2 is 1.93 bits per heavy atom. The average Bonchev–Trinajstić information content (AvgIpc) is 3.12. The number of anilines is 1. The molecule has 27 heavy (non-hydrogen) atoms. The summed E-state index contributed by atoms with van der Waals surface area (Å²) in [6.07, 6.45) is 3.93. The molecule has 0 radical (unpaired) electrons. The highest BCUT2D eigenvalue weighted by Gasteiger charge is 2.13. The molecule has 5 nitrogen and oxygen atoms in total. The van der Waals surface area contributed by atoms with Crippen LogP contribution in [0.2, 0.25) is 5.02 Å². The van der Waals surface area contributed by atoms with Gasteiger partial charge in [0.1, 0.15) is 11.4 Å². The first-order chi connectivity index (χ1) is 13.1. The Bertz CT molecular complexity index is 1090. The summed E-state index contributed by atoms with van der Waals surface area (Å²) in [6, 6.07) is 18.3. The van der Waals surface area contributed by atoms with Crippen LogP contribution in [0.4, 0.5) is 5.69 Å². The van der Waals surface area contributed by atoms with Crippen molar-refractivity contribution in [3.63, 3.8) is 0 Å². The number of imidazole rings is 1. The molecule has 2 heterocycles. The third-order valence-electron chi connectivity index (χ3n) is 4.21. The number of aromatic nitrogens is 2. The van der Waals surface area contributed by atoms with Gasteiger partial charge < -0.3 is 14.5 Å². The molecule has 0 fully saturated rings. The van der Waals surface area contributed by atoms with Crippen molar-refractivity contribution in [1.29, 1.82) is 0 Å². The summed E-state index contributed by atoms with van der Waals surface area (Å²) in [7, 11) is 1.52. The van der Waals surface area contributed by atoms with Crippen molar-refractivity contribution in [3.8, 4) is 17.0 Å². The van der Waals surface area contributed by atoms with Gasteiger partial charge in [-0.25, -0.2) is 4.98 Å². The predicted octanol–water partition coefficient (Wildman–Crippen LogP) is 4.92. The number of carbonyl (C=O) groups is 1. The van der Waals surface area contributed by atoms with Gasteiger partial charge in [0, 0.05) is 28.7 Å². The lowest BCUT2D eigenvalue weighted by Crippen LogP contribution is -2.13. The van der Waals surface area contributed by atoms with Crippen molar-refractivity contribution in [1.82, 2.24) is 9.38 Å². The van der Waals surface area contributed by atoms with Crippen LogP contribution in [0.1, 0.15) is 10.4 Å². The molecule has 134 valence electrons. The fourth-order valence-corrected chi connectivity index (χ4v) is 3.03. The Morgan fingerprint density at radius 1 is 1.11 bits per heavy atom. The van der Waals surface area contributed by atoms with E-state index < -0.39 is 0 Å². The van der Waals surface area contributed by atoms with Crippen LogP contribution >= 0.6 is 11.6 Å². The van der Waals surface area contributed by atoms with E-state index in [1.807, 2.05) is 59.3 Å². The van der Waals surface area contributed by atoms with E-state index in [-0.39, 0.29) is 5.91 Å². The first-order valence-electron chi connectivity index (χ1n) is 8.33. The molecule has 2 aromatic heterocycles. The molecular weight excluding hydrogens is 362 g/mol. The van der Waals surface area contributed by atoms with Crippen molar-refractivity contribution in [2.24, 2.45) is 0 Å². The third-order valence-corrected chi connectivity index (χ3v) is 4.44. The van der Waals surface area contributed by atoms with E-state index in [0.29, 0.717) is 22.0 Å². The average molecular weight is 378 g/mol. The molecule has 0 aliphatic carbocycles. The van der Waals surface area contributed by atoms with Crippen molar-refractivity contribution < 1.29 is 9.53 Å². The summed E-state index contributed by atoms with van der Waals surface area (Å²) in [5.74, 6) is 0.188. The Kier molecular flexibility index (Phi) is 4.52. The van der Waals surface area contributed by atoms with Gasteiger partial charge in [-0.05, 0) is 42.5 Å². The van der Waals surface area contributed by atoms with Gasteiger partial charge in [-0.1, -0.05) is 29.8 Å². The molecule has 0 aliphatic heterocycles. The molecule has 6 heteroatoms. The molecule has 0 atom stereocenters. The number of carbonyl (C=O) groups excluding carboxylic acids is 1. The number of rotatable bonds is 4. The number of pyridine rings is 1. The molecule has 4 rings (SSSR count). The second-order valence-corrected chi connectivity index (χ2v) is 6.40. The van der Waals surface area contributed by atoms with Crippen LogP contribution in [0.25, 0.3) is 16.9 Å². The van der Waals surface area contributed by atoms with Gasteiger partial charge in [-0.3, -0.25) is 4.79 Å². The second kappa shape index (κ2) is 7.13. The lowest BCUT2D eigenvalue weighted by molar-refractivity contribution is 0.102. The van der Waals surface area contributed by atoms with Crippen LogP contribution in [-0.2, 0) is 0 Å². The summed E-state index contributed by atoms with van der Waals surface area (Å²) in [4.78, 5) is 17.2. The third kappa shape index (κ3) is 3.50. The van der Waals surface area contributed by atoms with Gasteiger partial charge in [-0.2, -0.15) is 0 Å². The van der Waals surface area contributed by atoms with Crippen LogP contribution < -0.4 is 10.1 Å². The number of nitrogens with zero attached hydrogens (tertiary/aromatic N) is 2. The first-order valence-corrected chi connectivity index (χ1v) is 8.71. The van der Waals surface area contributed by atoms with E-state index in [2.05, 4.69) is 10.3 Å². The highest BCUT2D eigenvalue weighted by atomic mass is 35.5. The van der Waals surface area contributed by atoms with E-state index >= 15 is 0 Å². The van der Waals surface area contributed by atoms with Crippen molar-refractivity contribution in [2.45, 2.75) is 0 Å². The topological polar surface area (TPSA) is 55.6 Å². The van der Waals surface area contributed by atoms with Gasteiger partial charge in [0.2, 0.25) is 0 Å². The predicted molar refractivity (Wildman–Crippen MR) is 107 cm³/mol. The van der Waals surface area contributed by atoms with Gasteiger partial charge in [0.05, 0.1) is 18.4 Å². The van der Waals surface area contributed by atoms with Gasteiger partial charge >= 0.3 is 0 Å². The van der Waals surface area contributed by atoms with E-state index in [0.717, 1.165) is 16.9 Å². The van der Waals surface area contributed by atoms with E-state index in [9.17, 15) is 4.79 Å². The summed E-state index contributed by atoms with van der Waals surface area (Å²) < 4.78 is 7.20. The first kappa shape index (κ1) is 17.1. The van der Waals surface area contributed by atoms with Crippen molar-refractivity contribution >= 4 is 28.8 Å². The highest BCUT2D eigenvalue weighted by Crippen LogP contribution is 2.25. The summed E-state index contributed by atoms with van der Waals surface area (Å²) in [5, 5.41) is 3.34. The normalized spacial score (nSPS) is 10.7. The summed E-state index contributed by atoms with van der Waals surface area (Å²) >= 11 is 6.00. The smallest absolute Gasteiger partial charge is 0.259 e. The van der Waals surface area contributed by atoms with Gasteiger partial charge in [-0.15, -0.1) is 0 Å². The number of hydrogen-bond acceptors (Lipinski definition) is 3. The number of methoxy groups -OCH3 is 1. The highest BCUT2D eigenvalue weighted by molar-refractivity contribution is 6.31. The number of ether oxygens (including phenoxy) is 1. The van der Waals surface area contributed by atoms with E-state index in [4.69, 9.17) is 16.3 Å². The second-order valence-electron chi connectivity index (χ2n) is 5.97.